The van der Waals surface area contributed by atoms with E-state index in [1.807, 2.05) is 0 Å². The predicted molar refractivity (Wildman–Crippen MR) is 68.6 cm³/mol. The van der Waals surface area contributed by atoms with Crippen molar-refractivity contribution in [2.24, 2.45) is 0 Å². The van der Waals surface area contributed by atoms with Crippen molar-refractivity contribution in [3.05, 3.63) is 47.7 Å². The fourth-order valence-corrected chi connectivity index (χ4v) is 2.02. The molecule has 0 unspecified atom stereocenters. The van der Waals surface area contributed by atoms with Crippen molar-refractivity contribution < 1.29 is 23.1 Å². The molecule has 6 nitrogen and oxygen atoms in total. The number of aromatic nitrogens is 4. The van der Waals surface area contributed by atoms with Crippen LogP contribution in [0.4, 0.5) is 13.2 Å². The Bertz CT molecular complexity index is 873. The summed E-state index contributed by atoms with van der Waals surface area (Å²) in [5.74, 6) is -1.65. The zero-order chi connectivity index (χ0) is 15.9. The molecular weight excluding hydrogens is 301 g/mol. The van der Waals surface area contributed by atoms with Gasteiger partial charge in [-0.25, -0.2) is 9.78 Å². The Labute approximate surface area is 120 Å². The van der Waals surface area contributed by atoms with Crippen LogP contribution in [0.1, 0.15) is 15.9 Å². The Balaban J connectivity index is 2.22. The lowest BCUT2D eigenvalue weighted by atomic mass is 10.1. The van der Waals surface area contributed by atoms with Crippen molar-refractivity contribution in [1.29, 1.82) is 0 Å². The number of rotatable bonds is 2. The number of carboxylic acids is 1. The number of carboxylic acid groups (broad SMARTS) is 1. The summed E-state index contributed by atoms with van der Waals surface area (Å²) in [5, 5.41) is 16.4. The average molecular weight is 308 g/mol. The zero-order valence-corrected chi connectivity index (χ0v) is 10.7. The molecule has 0 aliphatic heterocycles. The maximum Gasteiger partial charge on any atom is 0.417 e. The number of hydrogen-bond donors (Lipinski definition) is 1. The number of nitrogens with zero attached hydrogens (tertiary/aromatic N) is 4. The Morgan fingerprint density at radius 1 is 1.23 bits per heavy atom. The number of pyridine rings is 1. The summed E-state index contributed by atoms with van der Waals surface area (Å²) >= 11 is 0. The largest absolute Gasteiger partial charge is 0.478 e. The number of aromatic carboxylic acids is 1. The summed E-state index contributed by atoms with van der Waals surface area (Å²) in [6, 6.07) is 6.06. The van der Waals surface area contributed by atoms with Crippen LogP contribution in [-0.4, -0.2) is 31.1 Å². The third kappa shape index (κ3) is 2.26. The van der Waals surface area contributed by atoms with E-state index in [0.717, 1.165) is 10.7 Å². The molecule has 1 aromatic carbocycles. The third-order valence-corrected chi connectivity index (χ3v) is 2.99. The van der Waals surface area contributed by atoms with Crippen molar-refractivity contribution in [3.63, 3.8) is 0 Å². The number of fused-ring (bicyclic) bond motifs is 1. The monoisotopic (exact) mass is 308 g/mol. The summed E-state index contributed by atoms with van der Waals surface area (Å²) in [6.45, 7) is 0. The van der Waals surface area contributed by atoms with Gasteiger partial charge in [0, 0.05) is 6.20 Å². The minimum absolute atomic E-state index is 0.0264. The maximum atomic E-state index is 13.0. The highest BCUT2D eigenvalue weighted by Crippen LogP contribution is 2.33. The summed E-state index contributed by atoms with van der Waals surface area (Å²) in [4.78, 5) is 14.9. The second kappa shape index (κ2) is 4.79. The number of carbonyl (C=O) groups is 1. The molecule has 0 aliphatic carbocycles. The van der Waals surface area contributed by atoms with Gasteiger partial charge in [-0.05, 0) is 30.3 Å². The molecule has 0 fully saturated rings. The van der Waals surface area contributed by atoms with E-state index < -0.39 is 23.3 Å². The SMILES string of the molecule is O=C(O)c1ccc(-n2nnc3cccnc32)cc1C(F)(F)F. The molecule has 0 amide bonds. The van der Waals surface area contributed by atoms with Crippen LogP contribution < -0.4 is 0 Å². The molecule has 2 aromatic heterocycles. The van der Waals surface area contributed by atoms with E-state index in [1.165, 1.54) is 12.3 Å². The van der Waals surface area contributed by atoms with Gasteiger partial charge in [0.15, 0.2) is 5.65 Å². The van der Waals surface area contributed by atoms with Gasteiger partial charge in [-0.1, -0.05) is 5.21 Å². The van der Waals surface area contributed by atoms with Gasteiger partial charge in [0.2, 0.25) is 0 Å². The van der Waals surface area contributed by atoms with E-state index in [4.69, 9.17) is 5.11 Å². The molecule has 0 spiro atoms. The standard InChI is InChI=1S/C13H7F3N4O2/c14-13(15,16)9-6-7(3-4-8(9)12(21)22)20-11-10(18-19-20)2-1-5-17-11/h1-6H,(H,21,22). The average Bonchev–Trinajstić information content (AvgIpc) is 2.89. The molecule has 0 atom stereocenters. The van der Waals surface area contributed by atoms with Gasteiger partial charge in [0.05, 0.1) is 16.8 Å². The van der Waals surface area contributed by atoms with E-state index in [1.54, 1.807) is 12.1 Å². The highest BCUT2D eigenvalue weighted by Gasteiger charge is 2.35. The van der Waals surface area contributed by atoms with Gasteiger partial charge in [-0.3, -0.25) is 0 Å². The van der Waals surface area contributed by atoms with Crippen molar-refractivity contribution >= 4 is 17.1 Å². The fourth-order valence-electron chi connectivity index (χ4n) is 2.02. The Morgan fingerprint density at radius 2 is 2.00 bits per heavy atom. The van der Waals surface area contributed by atoms with Crippen molar-refractivity contribution in [2.45, 2.75) is 6.18 Å². The molecule has 3 rings (SSSR count). The topological polar surface area (TPSA) is 80.9 Å². The summed E-state index contributed by atoms with van der Waals surface area (Å²) in [6.07, 6.45) is -3.34. The number of hydrogen-bond acceptors (Lipinski definition) is 4. The Kier molecular flexibility index (Phi) is 3.05. The van der Waals surface area contributed by atoms with E-state index in [0.29, 0.717) is 11.6 Å². The van der Waals surface area contributed by atoms with Crippen molar-refractivity contribution in [3.8, 4) is 5.69 Å². The maximum absolute atomic E-state index is 13.0. The van der Waals surface area contributed by atoms with Gasteiger partial charge < -0.3 is 5.11 Å². The lowest BCUT2D eigenvalue weighted by Crippen LogP contribution is -2.14. The first-order valence-electron chi connectivity index (χ1n) is 5.99. The quantitative estimate of drug-likeness (QED) is 0.787. The first-order valence-corrected chi connectivity index (χ1v) is 5.99. The lowest BCUT2D eigenvalue weighted by molar-refractivity contribution is -0.138. The highest BCUT2D eigenvalue weighted by atomic mass is 19.4. The van der Waals surface area contributed by atoms with E-state index in [9.17, 15) is 18.0 Å². The Hall–Kier alpha value is -2.97. The van der Waals surface area contributed by atoms with Crippen LogP contribution in [0.3, 0.4) is 0 Å². The van der Waals surface area contributed by atoms with Crippen LogP contribution in [0.5, 0.6) is 0 Å². The second-order valence-corrected chi connectivity index (χ2v) is 4.38. The molecule has 2 heterocycles. The van der Waals surface area contributed by atoms with Crippen LogP contribution in [0.25, 0.3) is 16.9 Å². The van der Waals surface area contributed by atoms with Gasteiger partial charge in [-0.15, -0.1) is 5.10 Å². The van der Waals surface area contributed by atoms with Gasteiger partial charge in [0.1, 0.15) is 5.52 Å². The molecule has 0 saturated carbocycles. The minimum atomic E-state index is -4.80. The van der Waals surface area contributed by atoms with Gasteiger partial charge >= 0.3 is 12.1 Å². The van der Waals surface area contributed by atoms with Crippen LogP contribution >= 0.6 is 0 Å². The molecule has 112 valence electrons. The first-order chi connectivity index (χ1) is 10.4. The van der Waals surface area contributed by atoms with Crippen LogP contribution in [-0.2, 0) is 6.18 Å². The smallest absolute Gasteiger partial charge is 0.417 e. The summed E-state index contributed by atoms with van der Waals surface area (Å²) in [7, 11) is 0. The first kappa shape index (κ1) is 14.0. The molecule has 3 aromatic rings. The molecular formula is C13H7F3N4O2. The molecule has 0 saturated heterocycles. The van der Waals surface area contributed by atoms with E-state index >= 15 is 0 Å². The molecule has 1 N–H and O–H groups in total. The summed E-state index contributed by atoms with van der Waals surface area (Å²) < 4.78 is 40.2. The molecule has 0 bridgehead atoms. The normalized spacial score (nSPS) is 11.8. The van der Waals surface area contributed by atoms with Gasteiger partial charge in [0.25, 0.3) is 0 Å². The molecule has 0 aliphatic rings. The van der Waals surface area contributed by atoms with Crippen LogP contribution in [0.15, 0.2) is 36.5 Å². The van der Waals surface area contributed by atoms with E-state index in [-0.39, 0.29) is 11.3 Å². The highest BCUT2D eigenvalue weighted by molar-refractivity contribution is 5.90. The van der Waals surface area contributed by atoms with Crippen molar-refractivity contribution in [1.82, 2.24) is 20.0 Å². The Morgan fingerprint density at radius 3 is 2.68 bits per heavy atom. The fraction of sp³-hybridized carbons (Fsp3) is 0.0769. The van der Waals surface area contributed by atoms with Gasteiger partial charge in [-0.2, -0.15) is 17.9 Å². The number of halogens is 3. The van der Waals surface area contributed by atoms with Crippen molar-refractivity contribution in [2.75, 3.05) is 0 Å². The number of alkyl halides is 3. The zero-order valence-electron chi connectivity index (χ0n) is 10.7. The molecule has 9 heteroatoms. The summed E-state index contributed by atoms with van der Waals surface area (Å²) in [5.41, 5.74) is -1.36. The second-order valence-electron chi connectivity index (χ2n) is 4.38. The lowest BCUT2D eigenvalue weighted by Gasteiger charge is -2.12. The molecule has 22 heavy (non-hydrogen) atoms. The van der Waals surface area contributed by atoms with Crippen LogP contribution in [0, 0.1) is 0 Å². The van der Waals surface area contributed by atoms with Crippen LogP contribution in [0.2, 0.25) is 0 Å². The number of benzene rings is 1. The van der Waals surface area contributed by atoms with E-state index in [2.05, 4.69) is 15.3 Å². The molecule has 0 radical (unpaired) electrons. The third-order valence-electron chi connectivity index (χ3n) is 2.99. The minimum Gasteiger partial charge on any atom is -0.478 e. The predicted octanol–water partition coefficient (Wildman–Crippen LogP) is 2.53.